The molecule has 0 heterocycles. The number of carboxylic acid groups (broad SMARTS) is 2. The van der Waals surface area contributed by atoms with E-state index in [1.54, 1.807) is 18.2 Å². The molecule has 19 heavy (non-hydrogen) atoms. The fourth-order valence-electron chi connectivity index (χ4n) is 1.76. The Hall–Kier alpha value is -1.75. The summed E-state index contributed by atoms with van der Waals surface area (Å²) in [5.74, 6) is -1.98. The number of aryl methyl sites for hydroxylation is 1. The van der Waals surface area contributed by atoms with Gasteiger partial charge >= 0.3 is 11.9 Å². The molecule has 0 aliphatic heterocycles. The number of carboxylic acids is 2. The second-order valence-electron chi connectivity index (χ2n) is 4.28. The lowest BCUT2D eigenvalue weighted by atomic mass is 10.1. The minimum atomic E-state index is -1.01. The number of carbonyl (C=O) groups is 2. The summed E-state index contributed by atoms with van der Waals surface area (Å²) in [5.41, 5.74) is 1.49. The molecule has 0 bridgehead atoms. The van der Waals surface area contributed by atoms with Crippen LogP contribution in [-0.4, -0.2) is 34.7 Å². The molecule has 1 aromatic rings. The fraction of sp³-hybridized carbons (Fsp3) is 0.385. The normalized spacial score (nSPS) is 11.9. The molecule has 0 aliphatic carbocycles. The van der Waals surface area contributed by atoms with E-state index in [4.69, 9.17) is 21.8 Å². The standard InChI is InChI=1S/C13H16ClNO4/c1-8-3-4-10(14)7-11(8)15(6-5-12(16)17)9(2)13(18)19/h3-4,7,9H,5-6H2,1-2H3,(H,16,17)(H,18,19). The van der Waals surface area contributed by atoms with Crippen molar-refractivity contribution in [2.45, 2.75) is 26.3 Å². The molecule has 0 aliphatic rings. The molecule has 2 N–H and O–H groups in total. The van der Waals surface area contributed by atoms with Crippen molar-refractivity contribution in [1.82, 2.24) is 0 Å². The summed E-state index contributed by atoms with van der Waals surface area (Å²) in [4.78, 5) is 23.4. The van der Waals surface area contributed by atoms with E-state index in [2.05, 4.69) is 0 Å². The van der Waals surface area contributed by atoms with Crippen LogP contribution in [0.4, 0.5) is 5.69 Å². The van der Waals surface area contributed by atoms with Crippen LogP contribution in [0.15, 0.2) is 18.2 Å². The topological polar surface area (TPSA) is 77.8 Å². The SMILES string of the molecule is Cc1ccc(Cl)cc1N(CCC(=O)O)C(C)C(=O)O. The molecule has 1 rings (SSSR count). The molecule has 0 spiro atoms. The summed E-state index contributed by atoms with van der Waals surface area (Å²) in [6.45, 7) is 3.46. The van der Waals surface area contributed by atoms with E-state index in [-0.39, 0.29) is 13.0 Å². The van der Waals surface area contributed by atoms with Crippen molar-refractivity contribution in [3.05, 3.63) is 28.8 Å². The Kier molecular flexibility index (Phi) is 5.18. The smallest absolute Gasteiger partial charge is 0.326 e. The molecule has 6 heteroatoms. The highest BCUT2D eigenvalue weighted by atomic mass is 35.5. The second kappa shape index (κ2) is 6.43. The van der Waals surface area contributed by atoms with E-state index < -0.39 is 18.0 Å². The predicted molar refractivity (Wildman–Crippen MR) is 72.9 cm³/mol. The Morgan fingerprint density at radius 1 is 1.37 bits per heavy atom. The maximum Gasteiger partial charge on any atom is 0.326 e. The van der Waals surface area contributed by atoms with Crippen LogP contribution in [0, 0.1) is 6.92 Å². The van der Waals surface area contributed by atoms with Crippen molar-refractivity contribution < 1.29 is 19.8 Å². The molecule has 1 aromatic carbocycles. The molecule has 5 nitrogen and oxygen atoms in total. The minimum Gasteiger partial charge on any atom is -0.481 e. The minimum absolute atomic E-state index is 0.115. The summed E-state index contributed by atoms with van der Waals surface area (Å²) in [7, 11) is 0. The zero-order valence-electron chi connectivity index (χ0n) is 10.8. The summed E-state index contributed by atoms with van der Waals surface area (Å²) in [6.07, 6.45) is -0.135. The van der Waals surface area contributed by atoms with E-state index in [1.807, 2.05) is 6.92 Å². The van der Waals surface area contributed by atoms with Gasteiger partial charge in [-0.1, -0.05) is 17.7 Å². The van der Waals surface area contributed by atoms with Crippen molar-refractivity contribution in [3.8, 4) is 0 Å². The Morgan fingerprint density at radius 3 is 2.53 bits per heavy atom. The third-order valence-corrected chi connectivity index (χ3v) is 3.11. The highest BCUT2D eigenvalue weighted by Crippen LogP contribution is 2.26. The van der Waals surface area contributed by atoms with Gasteiger partial charge in [-0.15, -0.1) is 0 Å². The molecule has 0 fully saturated rings. The van der Waals surface area contributed by atoms with E-state index in [0.29, 0.717) is 10.7 Å². The van der Waals surface area contributed by atoms with Gasteiger partial charge in [0.05, 0.1) is 6.42 Å². The Bertz CT molecular complexity index is 490. The van der Waals surface area contributed by atoms with Gasteiger partial charge in [0.2, 0.25) is 0 Å². The highest BCUT2D eigenvalue weighted by molar-refractivity contribution is 6.30. The molecule has 1 atom stereocenters. The number of anilines is 1. The molecule has 104 valence electrons. The lowest BCUT2D eigenvalue weighted by Crippen LogP contribution is -2.40. The van der Waals surface area contributed by atoms with Crippen molar-refractivity contribution >= 4 is 29.2 Å². The van der Waals surface area contributed by atoms with Gasteiger partial charge in [-0.05, 0) is 31.5 Å². The van der Waals surface area contributed by atoms with Gasteiger partial charge < -0.3 is 15.1 Å². The van der Waals surface area contributed by atoms with Gasteiger partial charge in [0.15, 0.2) is 0 Å². The third kappa shape index (κ3) is 4.13. The van der Waals surface area contributed by atoms with E-state index >= 15 is 0 Å². The summed E-state index contributed by atoms with van der Waals surface area (Å²) in [6, 6.07) is 4.32. The molecule has 0 saturated carbocycles. The monoisotopic (exact) mass is 285 g/mol. The van der Waals surface area contributed by atoms with Gasteiger partial charge in [0.25, 0.3) is 0 Å². The van der Waals surface area contributed by atoms with E-state index in [9.17, 15) is 9.59 Å². The van der Waals surface area contributed by atoms with Gasteiger partial charge in [0, 0.05) is 17.3 Å². The summed E-state index contributed by atoms with van der Waals surface area (Å²) in [5, 5.41) is 18.4. The second-order valence-corrected chi connectivity index (χ2v) is 4.72. The van der Waals surface area contributed by atoms with Crippen LogP contribution in [0.5, 0.6) is 0 Å². The first-order chi connectivity index (χ1) is 8.82. The molecule has 0 radical (unpaired) electrons. The number of aliphatic carboxylic acids is 2. The molecule has 0 aromatic heterocycles. The maximum atomic E-state index is 11.1. The number of hydrogen-bond donors (Lipinski definition) is 2. The zero-order chi connectivity index (χ0) is 14.6. The maximum absolute atomic E-state index is 11.1. The van der Waals surface area contributed by atoms with Crippen molar-refractivity contribution in [2.24, 2.45) is 0 Å². The molecule has 1 unspecified atom stereocenters. The van der Waals surface area contributed by atoms with Crippen LogP contribution in [0.2, 0.25) is 5.02 Å². The third-order valence-electron chi connectivity index (χ3n) is 2.87. The predicted octanol–water partition coefficient (Wildman–Crippen LogP) is 2.40. The molecule has 0 saturated heterocycles. The molecular formula is C13H16ClNO4. The van der Waals surface area contributed by atoms with Crippen LogP contribution in [0.1, 0.15) is 18.9 Å². The summed E-state index contributed by atoms with van der Waals surface area (Å²) < 4.78 is 0. The highest BCUT2D eigenvalue weighted by Gasteiger charge is 2.23. The van der Waals surface area contributed by atoms with Crippen LogP contribution < -0.4 is 4.90 Å². The first-order valence-corrected chi connectivity index (χ1v) is 6.18. The van der Waals surface area contributed by atoms with E-state index in [1.165, 1.54) is 11.8 Å². The van der Waals surface area contributed by atoms with Crippen molar-refractivity contribution in [2.75, 3.05) is 11.4 Å². The average Bonchev–Trinajstić information content (AvgIpc) is 2.32. The van der Waals surface area contributed by atoms with Gasteiger partial charge in [-0.25, -0.2) is 4.79 Å². The molecular weight excluding hydrogens is 270 g/mol. The fourth-order valence-corrected chi connectivity index (χ4v) is 1.93. The number of nitrogens with zero attached hydrogens (tertiary/aromatic N) is 1. The first kappa shape index (κ1) is 15.3. The first-order valence-electron chi connectivity index (χ1n) is 5.80. The van der Waals surface area contributed by atoms with E-state index in [0.717, 1.165) is 5.56 Å². The van der Waals surface area contributed by atoms with Crippen LogP contribution in [0.3, 0.4) is 0 Å². The van der Waals surface area contributed by atoms with Crippen molar-refractivity contribution in [3.63, 3.8) is 0 Å². The summed E-state index contributed by atoms with van der Waals surface area (Å²) >= 11 is 5.92. The van der Waals surface area contributed by atoms with Crippen LogP contribution in [0.25, 0.3) is 0 Å². The van der Waals surface area contributed by atoms with Gasteiger partial charge in [-0.2, -0.15) is 0 Å². The largest absolute Gasteiger partial charge is 0.481 e. The Labute approximate surface area is 116 Å². The molecule has 0 amide bonds. The van der Waals surface area contributed by atoms with Gasteiger partial charge in [0.1, 0.15) is 6.04 Å². The lowest BCUT2D eigenvalue weighted by molar-refractivity contribution is -0.139. The van der Waals surface area contributed by atoms with Gasteiger partial charge in [-0.3, -0.25) is 4.79 Å². The number of rotatable bonds is 6. The van der Waals surface area contributed by atoms with Crippen LogP contribution >= 0.6 is 11.6 Å². The number of halogens is 1. The quantitative estimate of drug-likeness (QED) is 0.839. The van der Waals surface area contributed by atoms with Crippen LogP contribution in [-0.2, 0) is 9.59 Å². The van der Waals surface area contributed by atoms with Crippen molar-refractivity contribution in [1.29, 1.82) is 0 Å². The lowest BCUT2D eigenvalue weighted by Gasteiger charge is -2.29. The number of benzene rings is 1. The Balaban J connectivity index is 3.10. The average molecular weight is 286 g/mol. The zero-order valence-corrected chi connectivity index (χ0v) is 11.5. The Morgan fingerprint density at radius 2 is 2.00 bits per heavy atom. The number of hydrogen-bond acceptors (Lipinski definition) is 3.